The third kappa shape index (κ3) is 1.76. The van der Waals surface area contributed by atoms with E-state index in [1.165, 1.54) is 0 Å². The number of nitrogens with zero attached hydrogens (tertiary/aromatic N) is 3. The molecule has 2 aromatic heterocycles. The van der Waals surface area contributed by atoms with Crippen molar-refractivity contribution in [3.63, 3.8) is 0 Å². The van der Waals surface area contributed by atoms with Crippen molar-refractivity contribution in [3.05, 3.63) is 66.2 Å². The Morgan fingerprint density at radius 2 is 1.68 bits per heavy atom. The van der Waals surface area contributed by atoms with Gasteiger partial charge in [-0.25, -0.2) is 0 Å². The van der Waals surface area contributed by atoms with E-state index in [4.69, 9.17) is 5.73 Å². The number of nitrogens with two attached hydrogens (primary N) is 1. The van der Waals surface area contributed by atoms with E-state index in [0.29, 0.717) is 11.2 Å². The van der Waals surface area contributed by atoms with E-state index in [-0.39, 0.29) is 0 Å². The fraction of sp³-hybridized carbons (Fsp3) is 0. The minimum absolute atomic E-state index is 0.454. The minimum Gasteiger partial charge on any atom is -0.366 e. The van der Waals surface area contributed by atoms with Gasteiger partial charge in [0, 0.05) is 10.9 Å². The fourth-order valence-electron chi connectivity index (χ4n) is 2.71. The third-order valence-electron chi connectivity index (χ3n) is 3.69. The zero-order chi connectivity index (χ0) is 15.1. The second kappa shape index (κ2) is 4.66. The number of hydrogen-bond acceptors (Lipinski definition) is 3. The lowest BCUT2D eigenvalue weighted by molar-refractivity contribution is 0.100. The number of carbonyl (C=O) groups excluding carboxylic acids is 1. The lowest BCUT2D eigenvalue weighted by Crippen LogP contribution is -2.12. The maximum atomic E-state index is 11.7. The first-order valence-corrected chi connectivity index (χ1v) is 6.88. The predicted molar refractivity (Wildman–Crippen MR) is 84.4 cm³/mol. The van der Waals surface area contributed by atoms with Gasteiger partial charge in [-0.1, -0.05) is 48.5 Å². The molecule has 0 radical (unpaired) electrons. The Hall–Kier alpha value is -3.21. The summed E-state index contributed by atoms with van der Waals surface area (Å²) in [7, 11) is 0. The highest BCUT2D eigenvalue weighted by Gasteiger charge is 2.15. The quantitative estimate of drug-likeness (QED) is 0.616. The average molecular weight is 288 g/mol. The number of pyridine rings is 1. The Labute approximate surface area is 126 Å². The second-order valence-corrected chi connectivity index (χ2v) is 5.02. The van der Waals surface area contributed by atoms with Gasteiger partial charge in [-0.2, -0.15) is 0 Å². The zero-order valence-electron chi connectivity index (χ0n) is 11.6. The van der Waals surface area contributed by atoms with Gasteiger partial charge in [0.05, 0.1) is 11.1 Å². The van der Waals surface area contributed by atoms with Gasteiger partial charge in [-0.05, 0) is 12.1 Å². The first kappa shape index (κ1) is 12.5. The molecule has 0 saturated heterocycles. The molecule has 0 unspecified atom stereocenters. The largest absolute Gasteiger partial charge is 0.366 e. The van der Waals surface area contributed by atoms with E-state index in [0.717, 1.165) is 22.3 Å². The Balaban J connectivity index is 2.16. The maximum absolute atomic E-state index is 11.7. The van der Waals surface area contributed by atoms with Crippen LogP contribution in [0.25, 0.3) is 27.9 Å². The first-order chi connectivity index (χ1) is 10.8. The molecule has 2 aromatic carbocycles. The van der Waals surface area contributed by atoms with Crippen molar-refractivity contribution >= 4 is 22.5 Å². The monoisotopic (exact) mass is 288 g/mol. The number of fused-ring (bicyclic) bond motifs is 3. The van der Waals surface area contributed by atoms with Crippen LogP contribution in [0, 0.1) is 0 Å². The van der Waals surface area contributed by atoms with E-state index in [1.54, 1.807) is 6.07 Å². The van der Waals surface area contributed by atoms with Crippen LogP contribution in [0.4, 0.5) is 0 Å². The van der Waals surface area contributed by atoms with Crippen molar-refractivity contribution in [1.29, 1.82) is 0 Å². The second-order valence-electron chi connectivity index (χ2n) is 5.02. The molecule has 0 aliphatic heterocycles. The highest BCUT2D eigenvalue weighted by molar-refractivity contribution is 6.07. The number of carbonyl (C=O) groups is 1. The van der Waals surface area contributed by atoms with Crippen LogP contribution in [0.5, 0.6) is 0 Å². The molecular formula is C17H12N4O. The Morgan fingerprint density at radius 3 is 2.45 bits per heavy atom. The number of hydrogen-bond donors (Lipinski definition) is 1. The first-order valence-electron chi connectivity index (χ1n) is 6.88. The molecule has 2 heterocycles. The third-order valence-corrected chi connectivity index (χ3v) is 3.69. The van der Waals surface area contributed by atoms with E-state index >= 15 is 0 Å². The lowest BCUT2D eigenvalue weighted by atomic mass is 10.1. The summed E-state index contributed by atoms with van der Waals surface area (Å²) < 4.78 is 1.94. The molecule has 0 atom stereocenters. The summed E-state index contributed by atoms with van der Waals surface area (Å²) in [6, 6.07) is 19.1. The topological polar surface area (TPSA) is 73.3 Å². The molecule has 0 aliphatic rings. The molecule has 0 spiro atoms. The van der Waals surface area contributed by atoms with Crippen LogP contribution in [0.2, 0.25) is 0 Å². The minimum atomic E-state index is -0.469. The fourth-order valence-corrected chi connectivity index (χ4v) is 2.71. The number of benzene rings is 2. The van der Waals surface area contributed by atoms with Crippen LogP contribution in [0.1, 0.15) is 10.4 Å². The summed E-state index contributed by atoms with van der Waals surface area (Å²) in [6.07, 6.45) is 0. The average Bonchev–Trinajstić information content (AvgIpc) is 2.99. The molecule has 0 aliphatic carbocycles. The zero-order valence-corrected chi connectivity index (χ0v) is 11.6. The smallest absolute Gasteiger partial charge is 0.249 e. The van der Waals surface area contributed by atoms with Crippen LogP contribution in [0.3, 0.4) is 0 Å². The standard InChI is InChI=1S/C17H12N4O/c18-16(22)13-10-15-19-20-17(11-6-2-1-3-7-11)21(15)14-9-5-4-8-12(13)14/h1-10H,(H2,18,22). The predicted octanol–water partition coefficient (Wildman–Crippen LogP) is 2.65. The number of primary amides is 1. The number of amides is 1. The summed E-state index contributed by atoms with van der Waals surface area (Å²) >= 11 is 0. The van der Waals surface area contributed by atoms with Gasteiger partial charge in [0.15, 0.2) is 11.5 Å². The van der Waals surface area contributed by atoms with E-state index in [9.17, 15) is 4.79 Å². The SMILES string of the molecule is NC(=O)c1cc2nnc(-c3ccccc3)n2c2ccccc12. The maximum Gasteiger partial charge on any atom is 0.249 e. The molecule has 0 saturated carbocycles. The summed E-state index contributed by atoms with van der Waals surface area (Å²) in [6.45, 7) is 0. The van der Waals surface area contributed by atoms with Crippen molar-refractivity contribution in [1.82, 2.24) is 14.6 Å². The Morgan fingerprint density at radius 1 is 0.955 bits per heavy atom. The molecule has 22 heavy (non-hydrogen) atoms. The lowest BCUT2D eigenvalue weighted by Gasteiger charge is -2.08. The van der Waals surface area contributed by atoms with Crippen LogP contribution < -0.4 is 5.73 Å². The number of rotatable bonds is 2. The Bertz CT molecular complexity index is 1010. The molecule has 5 heteroatoms. The van der Waals surface area contributed by atoms with E-state index in [2.05, 4.69) is 10.2 Å². The normalized spacial score (nSPS) is 11.1. The number of aromatic nitrogens is 3. The van der Waals surface area contributed by atoms with Crippen molar-refractivity contribution in [3.8, 4) is 11.4 Å². The Kier molecular flexibility index (Phi) is 2.66. The van der Waals surface area contributed by atoms with Gasteiger partial charge in [0.1, 0.15) is 0 Å². The van der Waals surface area contributed by atoms with Crippen molar-refractivity contribution in [2.75, 3.05) is 0 Å². The van der Waals surface area contributed by atoms with Crippen LogP contribution in [0.15, 0.2) is 60.7 Å². The summed E-state index contributed by atoms with van der Waals surface area (Å²) in [4.78, 5) is 11.7. The molecule has 2 N–H and O–H groups in total. The van der Waals surface area contributed by atoms with Crippen molar-refractivity contribution in [2.24, 2.45) is 5.73 Å². The van der Waals surface area contributed by atoms with Gasteiger partial charge in [-0.3, -0.25) is 9.20 Å². The summed E-state index contributed by atoms with van der Waals surface area (Å²) in [5.74, 6) is 0.269. The summed E-state index contributed by atoms with van der Waals surface area (Å²) in [5, 5.41) is 9.26. The number of para-hydroxylation sites is 1. The molecular weight excluding hydrogens is 276 g/mol. The van der Waals surface area contributed by atoms with Crippen molar-refractivity contribution < 1.29 is 4.79 Å². The van der Waals surface area contributed by atoms with E-state index < -0.39 is 5.91 Å². The molecule has 1 amide bonds. The molecule has 4 rings (SSSR count). The molecule has 106 valence electrons. The van der Waals surface area contributed by atoms with Crippen LogP contribution in [-0.2, 0) is 0 Å². The van der Waals surface area contributed by atoms with Gasteiger partial charge in [0.25, 0.3) is 0 Å². The molecule has 4 aromatic rings. The van der Waals surface area contributed by atoms with Gasteiger partial charge in [-0.15, -0.1) is 10.2 Å². The molecule has 0 bridgehead atoms. The van der Waals surface area contributed by atoms with Gasteiger partial charge in [0.2, 0.25) is 5.91 Å². The van der Waals surface area contributed by atoms with E-state index in [1.807, 2.05) is 59.0 Å². The van der Waals surface area contributed by atoms with Crippen molar-refractivity contribution in [2.45, 2.75) is 0 Å². The van der Waals surface area contributed by atoms with Crippen LogP contribution >= 0.6 is 0 Å². The molecule has 0 fully saturated rings. The highest BCUT2D eigenvalue weighted by atomic mass is 16.1. The van der Waals surface area contributed by atoms with Gasteiger partial charge < -0.3 is 5.73 Å². The highest BCUT2D eigenvalue weighted by Crippen LogP contribution is 2.26. The molecule has 5 nitrogen and oxygen atoms in total. The van der Waals surface area contributed by atoms with Crippen LogP contribution in [-0.4, -0.2) is 20.5 Å². The van der Waals surface area contributed by atoms with Gasteiger partial charge >= 0.3 is 0 Å². The summed E-state index contributed by atoms with van der Waals surface area (Å²) in [5.41, 5.74) is 8.37.